The summed E-state index contributed by atoms with van der Waals surface area (Å²) in [6.45, 7) is 1.78. The molecule has 18 heavy (non-hydrogen) atoms. The Labute approximate surface area is 109 Å². The monoisotopic (exact) mass is 266 g/mol. The van der Waals surface area contributed by atoms with Crippen LogP contribution in [0.15, 0.2) is 18.2 Å². The minimum atomic E-state index is -0.412. The van der Waals surface area contributed by atoms with Crippen molar-refractivity contribution in [2.24, 2.45) is 0 Å². The lowest BCUT2D eigenvalue weighted by Gasteiger charge is -2.17. The number of nitrogens with one attached hydrogen (secondary N) is 1. The molecule has 1 saturated heterocycles. The molecule has 0 radical (unpaired) electrons. The number of hydrogen-bond donors (Lipinski definition) is 1. The summed E-state index contributed by atoms with van der Waals surface area (Å²) in [6, 6.07) is 4.19. The summed E-state index contributed by atoms with van der Waals surface area (Å²) in [5.74, 6) is -1.07. The Morgan fingerprint density at radius 3 is 2.56 bits per heavy atom. The van der Waals surface area contributed by atoms with Crippen LogP contribution in [-0.2, 0) is 9.59 Å². The molecule has 2 rings (SSSR count). The first-order chi connectivity index (χ1) is 8.49. The van der Waals surface area contributed by atoms with E-state index in [2.05, 4.69) is 5.32 Å². The minimum absolute atomic E-state index is 0.00352. The van der Waals surface area contributed by atoms with E-state index in [9.17, 15) is 14.0 Å². The Morgan fingerprint density at radius 1 is 1.33 bits per heavy atom. The predicted octanol–water partition coefficient (Wildman–Crippen LogP) is 1.98. The topological polar surface area (TPSA) is 49.4 Å². The fourth-order valence-electron chi connectivity index (χ4n) is 1.70. The maximum atomic E-state index is 13.1. The second-order valence-electron chi connectivity index (χ2n) is 4.01. The molecule has 0 spiro atoms. The number of carbonyl (C=O) groups is 2. The van der Waals surface area contributed by atoms with Gasteiger partial charge in [0.05, 0.1) is 0 Å². The van der Waals surface area contributed by atoms with E-state index in [0.29, 0.717) is 5.69 Å². The number of amides is 2. The largest absolute Gasteiger partial charge is 0.332 e. The van der Waals surface area contributed by atoms with Crippen LogP contribution in [0.2, 0.25) is 0 Å². The van der Waals surface area contributed by atoms with Crippen LogP contribution in [0.3, 0.4) is 0 Å². The Balaban J connectivity index is 2.19. The van der Waals surface area contributed by atoms with Gasteiger partial charge in [0.2, 0.25) is 11.8 Å². The van der Waals surface area contributed by atoms with Gasteiger partial charge in [-0.2, -0.15) is 0 Å². The SMILES string of the molecule is Cc1ccc(F)cc1NC(=S)N1C(=O)CCC1=O. The van der Waals surface area contributed by atoms with Gasteiger partial charge in [-0.25, -0.2) is 9.29 Å². The maximum Gasteiger partial charge on any atom is 0.236 e. The number of halogens is 1. The minimum Gasteiger partial charge on any atom is -0.332 e. The van der Waals surface area contributed by atoms with Crippen LogP contribution in [0.25, 0.3) is 0 Å². The number of imide groups is 1. The average molecular weight is 266 g/mol. The number of aryl methyl sites for hydroxylation is 1. The number of thiocarbonyl (C=S) groups is 1. The number of rotatable bonds is 1. The van der Waals surface area contributed by atoms with Crippen molar-refractivity contribution in [1.29, 1.82) is 0 Å². The second kappa shape index (κ2) is 4.81. The number of nitrogens with zero attached hydrogens (tertiary/aromatic N) is 1. The average Bonchev–Trinajstić information content (AvgIpc) is 2.63. The quantitative estimate of drug-likeness (QED) is 0.624. The van der Waals surface area contributed by atoms with Crippen molar-refractivity contribution in [3.05, 3.63) is 29.6 Å². The van der Waals surface area contributed by atoms with Crippen LogP contribution >= 0.6 is 12.2 Å². The van der Waals surface area contributed by atoms with Crippen LogP contribution in [0, 0.1) is 12.7 Å². The zero-order valence-corrected chi connectivity index (χ0v) is 10.5. The van der Waals surface area contributed by atoms with E-state index >= 15 is 0 Å². The normalized spacial score (nSPS) is 15.1. The molecule has 1 fully saturated rings. The second-order valence-corrected chi connectivity index (χ2v) is 4.40. The van der Waals surface area contributed by atoms with Gasteiger partial charge in [-0.3, -0.25) is 9.59 Å². The van der Waals surface area contributed by atoms with E-state index < -0.39 is 5.82 Å². The number of anilines is 1. The molecule has 0 atom stereocenters. The smallest absolute Gasteiger partial charge is 0.236 e. The van der Waals surface area contributed by atoms with Crippen molar-refractivity contribution in [2.45, 2.75) is 19.8 Å². The van der Waals surface area contributed by atoms with Gasteiger partial charge in [-0.1, -0.05) is 6.07 Å². The Bertz CT molecular complexity index is 529. The molecule has 1 heterocycles. The van der Waals surface area contributed by atoms with Gasteiger partial charge in [0, 0.05) is 18.5 Å². The first-order valence-corrected chi connectivity index (χ1v) is 5.83. The van der Waals surface area contributed by atoms with E-state index in [0.717, 1.165) is 10.5 Å². The van der Waals surface area contributed by atoms with Crippen molar-refractivity contribution >= 4 is 34.8 Å². The van der Waals surface area contributed by atoms with Crippen LogP contribution in [0.4, 0.5) is 10.1 Å². The molecule has 1 aromatic carbocycles. The fourth-order valence-corrected chi connectivity index (χ4v) is 2.02. The van der Waals surface area contributed by atoms with Gasteiger partial charge in [-0.15, -0.1) is 0 Å². The van der Waals surface area contributed by atoms with E-state index in [4.69, 9.17) is 12.2 Å². The Morgan fingerprint density at radius 2 is 1.94 bits per heavy atom. The summed E-state index contributed by atoms with van der Waals surface area (Å²) in [7, 11) is 0. The van der Waals surface area contributed by atoms with Gasteiger partial charge in [0.1, 0.15) is 5.82 Å². The lowest BCUT2D eigenvalue weighted by Crippen LogP contribution is -2.38. The molecule has 1 aromatic rings. The van der Waals surface area contributed by atoms with Crippen LogP contribution in [0.5, 0.6) is 0 Å². The molecule has 0 saturated carbocycles. The van der Waals surface area contributed by atoms with Gasteiger partial charge in [0.15, 0.2) is 5.11 Å². The van der Waals surface area contributed by atoms with E-state index in [-0.39, 0.29) is 29.8 Å². The predicted molar refractivity (Wildman–Crippen MR) is 68.4 cm³/mol. The molecule has 1 aliphatic rings. The highest BCUT2D eigenvalue weighted by Crippen LogP contribution is 2.19. The molecule has 6 heteroatoms. The molecule has 4 nitrogen and oxygen atoms in total. The third-order valence-electron chi connectivity index (χ3n) is 2.70. The van der Waals surface area contributed by atoms with E-state index in [1.54, 1.807) is 13.0 Å². The summed E-state index contributed by atoms with van der Waals surface area (Å²) < 4.78 is 13.1. The van der Waals surface area contributed by atoms with Crippen molar-refractivity contribution in [2.75, 3.05) is 5.32 Å². The van der Waals surface area contributed by atoms with Gasteiger partial charge in [-0.05, 0) is 36.8 Å². The fraction of sp³-hybridized carbons (Fsp3) is 0.250. The van der Waals surface area contributed by atoms with Crippen molar-refractivity contribution < 1.29 is 14.0 Å². The number of carbonyl (C=O) groups excluding carboxylic acids is 2. The molecule has 1 N–H and O–H groups in total. The highest BCUT2D eigenvalue weighted by atomic mass is 32.1. The highest BCUT2D eigenvalue weighted by molar-refractivity contribution is 7.80. The lowest BCUT2D eigenvalue weighted by molar-refractivity contribution is -0.133. The highest BCUT2D eigenvalue weighted by Gasteiger charge is 2.32. The summed E-state index contributed by atoms with van der Waals surface area (Å²) in [5.41, 5.74) is 1.23. The summed E-state index contributed by atoms with van der Waals surface area (Å²) in [4.78, 5) is 23.9. The summed E-state index contributed by atoms with van der Waals surface area (Å²) in [5, 5.41) is 2.73. The maximum absolute atomic E-state index is 13.1. The van der Waals surface area contributed by atoms with Gasteiger partial charge < -0.3 is 5.32 Å². The molecule has 94 valence electrons. The number of likely N-dealkylation sites (tertiary alicyclic amines) is 1. The number of hydrogen-bond acceptors (Lipinski definition) is 3. The van der Waals surface area contributed by atoms with E-state index in [1.807, 2.05) is 0 Å². The first kappa shape index (κ1) is 12.6. The van der Waals surface area contributed by atoms with Crippen LogP contribution in [-0.4, -0.2) is 21.8 Å². The molecule has 0 bridgehead atoms. The zero-order chi connectivity index (χ0) is 13.3. The van der Waals surface area contributed by atoms with Gasteiger partial charge >= 0.3 is 0 Å². The Hall–Kier alpha value is -1.82. The molecule has 0 aromatic heterocycles. The standard InChI is InChI=1S/C12H11FN2O2S/c1-7-2-3-8(13)6-9(7)14-12(18)15-10(16)4-5-11(15)17/h2-3,6H,4-5H2,1H3,(H,14,18). The lowest BCUT2D eigenvalue weighted by atomic mass is 10.2. The summed E-state index contributed by atoms with van der Waals surface area (Å²) >= 11 is 5.00. The van der Waals surface area contributed by atoms with Crippen LogP contribution < -0.4 is 5.32 Å². The van der Waals surface area contributed by atoms with Gasteiger partial charge in [0.25, 0.3) is 0 Å². The third kappa shape index (κ3) is 2.38. The summed E-state index contributed by atoms with van der Waals surface area (Å²) in [6.07, 6.45) is 0.339. The number of benzene rings is 1. The first-order valence-electron chi connectivity index (χ1n) is 5.42. The van der Waals surface area contributed by atoms with Crippen molar-refractivity contribution in [3.63, 3.8) is 0 Å². The van der Waals surface area contributed by atoms with Crippen molar-refractivity contribution in [3.8, 4) is 0 Å². The molecule has 0 aliphatic carbocycles. The molecule has 1 aliphatic heterocycles. The third-order valence-corrected chi connectivity index (χ3v) is 2.98. The zero-order valence-electron chi connectivity index (χ0n) is 9.70. The molecule has 2 amide bonds. The molecular weight excluding hydrogens is 255 g/mol. The van der Waals surface area contributed by atoms with Crippen molar-refractivity contribution in [1.82, 2.24) is 4.90 Å². The molecule has 0 unspecified atom stereocenters. The van der Waals surface area contributed by atoms with E-state index in [1.165, 1.54) is 12.1 Å². The molecular formula is C12H11FN2O2S. The Kier molecular flexibility index (Phi) is 3.38. The van der Waals surface area contributed by atoms with Crippen LogP contribution in [0.1, 0.15) is 18.4 Å².